The van der Waals surface area contributed by atoms with Gasteiger partial charge < -0.3 is 4.90 Å². The van der Waals surface area contributed by atoms with Gasteiger partial charge in [0.1, 0.15) is 5.82 Å². The fourth-order valence-electron chi connectivity index (χ4n) is 2.94. The van der Waals surface area contributed by atoms with Gasteiger partial charge in [0.25, 0.3) is 0 Å². The molecule has 1 saturated carbocycles. The van der Waals surface area contributed by atoms with Gasteiger partial charge in [-0.15, -0.1) is 5.10 Å². The number of fused-ring (bicyclic) bond motifs is 2. The molecule has 0 unspecified atom stereocenters. The van der Waals surface area contributed by atoms with Crippen molar-refractivity contribution in [2.45, 2.75) is 43.8 Å². The van der Waals surface area contributed by atoms with Gasteiger partial charge in [0.05, 0.1) is 5.75 Å². The van der Waals surface area contributed by atoms with Gasteiger partial charge >= 0.3 is 0 Å². The predicted molar refractivity (Wildman–Crippen MR) is 69.3 cm³/mol. The first-order valence-electron chi connectivity index (χ1n) is 6.59. The summed E-state index contributed by atoms with van der Waals surface area (Å²) in [5.74, 6) is 2.35. The lowest BCUT2D eigenvalue weighted by molar-refractivity contribution is -0.129. The summed E-state index contributed by atoms with van der Waals surface area (Å²) in [6.45, 7) is 3.00. The maximum absolute atomic E-state index is 12.1. The summed E-state index contributed by atoms with van der Waals surface area (Å²) in [4.78, 5) is 18.5. The third-order valence-electron chi connectivity index (χ3n) is 3.90. The Morgan fingerprint density at radius 1 is 1.56 bits per heavy atom. The monoisotopic (exact) mass is 266 g/mol. The summed E-state index contributed by atoms with van der Waals surface area (Å²) in [6, 6.07) is 0.515. The Balaban J connectivity index is 1.52. The van der Waals surface area contributed by atoms with Crippen LogP contribution in [0.4, 0.5) is 0 Å². The van der Waals surface area contributed by atoms with Crippen LogP contribution in [-0.2, 0) is 11.2 Å². The Kier molecular flexibility index (Phi) is 3.28. The van der Waals surface area contributed by atoms with Crippen molar-refractivity contribution in [3.63, 3.8) is 0 Å². The Hall–Kier alpha value is -1.04. The van der Waals surface area contributed by atoms with Crippen LogP contribution in [0.2, 0.25) is 0 Å². The highest BCUT2D eigenvalue weighted by atomic mass is 32.2. The van der Waals surface area contributed by atoms with Crippen LogP contribution in [0.25, 0.3) is 0 Å². The molecule has 18 heavy (non-hydrogen) atoms. The lowest BCUT2D eigenvalue weighted by Crippen LogP contribution is -2.38. The summed E-state index contributed by atoms with van der Waals surface area (Å²) < 4.78 is 0. The van der Waals surface area contributed by atoms with Crippen LogP contribution in [0.5, 0.6) is 0 Å². The van der Waals surface area contributed by atoms with E-state index in [1.54, 1.807) is 0 Å². The first-order valence-corrected chi connectivity index (χ1v) is 7.58. The molecule has 2 aliphatic rings. The summed E-state index contributed by atoms with van der Waals surface area (Å²) in [5, 5.41) is 7.64. The Morgan fingerprint density at radius 2 is 2.44 bits per heavy atom. The highest BCUT2D eigenvalue weighted by molar-refractivity contribution is 7.99. The fraction of sp³-hybridized carbons (Fsp3) is 0.750. The molecule has 1 amide bonds. The zero-order valence-electron chi connectivity index (χ0n) is 10.6. The number of hydrogen-bond donors (Lipinski definition) is 1. The Morgan fingerprint density at radius 3 is 3.06 bits per heavy atom. The van der Waals surface area contributed by atoms with Crippen molar-refractivity contribution in [3.8, 4) is 0 Å². The molecule has 0 radical (unpaired) electrons. The number of aromatic nitrogens is 3. The lowest BCUT2D eigenvalue weighted by atomic mass is 10.1. The third-order valence-corrected chi connectivity index (χ3v) is 4.73. The van der Waals surface area contributed by atoms with Crippen LogP contribution in [0.3, 0.4) is 0 Å². The molecular weight excluding hydrogens is 248 g/mol. The number of rotatable bonds is 4. The topological polar surface area (TPSA) is 61.9 Å². The van der Waals surface area contributed by atoms with Crippen molar-refractivity contribution < 1.29 is 4.79 Å². The van der Waals surface area contributed by atoms with E-state index in [9.17, 15) is 4.79 Å². The van der Waals surface area contributed by atoms with E-state index in [1.165, 1.54) is 31.0 Å². The minimum absolute atomic E-state index is 0.245. The molecule has 5 nitrogen and oxygen atoms in total. The Bertz CT molecular complexity index is 447. The van der Waals surface area contributed by atoms with Crippen molar-refractivity contribution >= 4 is 17.7 Å². The molecule has 0 aromatic carbocycles. The molecule has 0 spiro atoms. The van der Waals surface area contributed by atoms with Crippen LogP contribution >= 0.6 is 11.8 Å². The third kappa shape index (κ3) is 2.25. The molecule has 1 aliphatic heterocycles. The molecule has 6 heteroatoms. The van der Waals surface area contributed by atoms with Gasteiger partial charge in [-0.2, -0.15) is 0 Å². The number of aryl methyl sites for hydroxylation is 1. The highest BCUT2D eigenvalue weighted by Gasteiger charge is 2.39. The van der Waals surface area contributed by atoms with Crippen LogP contribution in [0.15, 0.2) is 5.16 Å². The zero-order valence-corrected chi connectivity index (χ0v) is 11.4. The number of H-pyrrole nitrogens is 1. The molecule has 1 aromatic rings. The summed E-state index contributed by atoms with van der Waals surface area (Å²) >= 11 is 1.43. The van der Waals surface area contributed by atoms with Crippen molar-refractivity contribution in [2.75, 3.05) is 12.3 Å². The maximum Gasteiger partial charge on any atom is 0.233 e. The maximum atomic E-state index is 12.1. The molecular formula is C12H18N4OS. The van der Waals surface area contributed by atoms with E-state index in [0.717, 1.165) is 24.7 Å². The molecule has 2 fully saturated rings. The van der Waals surface area contributed by atoms with Gasteiger partial charge in [0, 0.05) is 19.0 Å². The number of aromatic amines is 1. The number of carbonyl (C=O) groups excluding carboxylic acids is 1. The highest BCUT2D eigenvalue weighted by Crippen LogP contribution is 2.37. The molecule has 1 saturated heterocycles. The quantitative estimate of drug-likeness (QED) is 0.838. The molecule has 98 valence electrons. The van der Waals surface area contributed by atoms with E-state index < -0.39 is 0 Å². The van der Waals surface area contributed by atoms with Crippen molar-refractivity contribution in [3.05, 3.63) is 5.82 Å². The van der Waals surface area contributed by atoms with E-state index in [2.05, 4.69) is 20.1 Å². The van der Waals surface area contributed by atoms with Crippen molar-refractivity contribution in [1.82, 2.24) is 20.1 Å². The normalized spacial score (nSPS) is 25.9. The van der Waals surface area contributed by atoms with E-state index in [4.69, 9.17) is 0 Å². The summed E-state index contributed by atoms with van der Waals surface area (Å²) in [6.07, 6.45) is 4.57. The smallest absolute Gasteiger partial charge is 0.233 e. The van der Waals surface area contributed by atoms with Gasteiger partial charge in [-0.25, -0.2) is 4.98 Å². The van der Waals surface area contributed by atoms with E-state index in [0.29, 0.717) is 17.0 Å². The Labute approximate surface area is 111 Å². The minimum atomic E-state index is 0.245. The van der Waals surface area contributed by atoms with Crippen LogP contribution in [0.1, 0.15) is 32.0 Å². The van der Waals surface area contributed by atoms with Crippen LogP contribution < -0.4 is 0 Å². The number of likely N-dealkylation sites (tertiary alicyclic amines) is 1. The molecule has 1 N–H and O–H groups in total. The molecule has 1 aliphatic carbocycles. The van der Waals surface area contributed by atoms with Gasteiger partial charge in [0.2, 0.25) is 11.1 Å². The first kappa shape index (κ1) is 12.0. The number of nitrogens with one attached hydrogen (secondary N) is 1. The van der Waals surface area contributed by atoms with Crippen molar-refractivity contribution in [2.24, 2.45) is 5.92 Å². The van der Waals surface area contributed by atoms with E-state index in [-0.39, 0.29) is 5.91 Å². The van der Waals surface area contributed by atoms with Gasteiger partial charge in [0.15, 0.2) is 0 Å². The standard InChI is InChI=1S/C12H18N4OS/c1-2-10-13-12(15-14-10)18-7-11(17)16-6-8-3-4-9(16)5-8/h8-9H,2-7H2,1H3,(H,13,14,15)/t8-,9-/m0/s1. The molecule has 2 atom stereocenters. The van der Waals surface area contributed by atoms with Crippen LogP contribution in [-0.4, -0.2) is 44.3 Å². The van der Waals surface area contributed by atoms with Gasteiger partial charge in [-0.05, 0) is 25.2 Å². The van der Waals surface area contributed by atoms with Gasteiger partial charge in [-0.3, -0.25) is 9.89 Å². The van der Waals surface area contributed by atoms with E-state index >= 15 is 0 Å². The second-order valence-corrected chi connectivity index (χ2v) is 6.03. The zero-order chi connectivity index (χ0) is 12.5. The number of hydrogen-bond acceptors (Lipinski definition) is 4. The first-order chi connectivity index (χ1) is 8.76. The predicted octanol–water partition coefficient (Wildman–Crippen LogP) is 1.47. The second kappa shape index (κ2) is 4.91. The van der Waals surface area contributed by atoms with Crippen LogP contribution in [0, 0.1) is 5.92 Å². The average molecular weight is 266 g/mol. The van der Waals surface area contributed by atoms with Gasteiger partial charge in [-0.1, -0.05) is 18.7 Å². The average Bonchev–Trinajstić information content (AvgIpc) is 3.11. The summed E-state index contributed by atoms with van der Waals surface area (Å²) in [5.41, 5.74) is 0. The molecule has 2 heterocycles. The fourth-order valence-corrected chi connectivity index (χ4v) is 3.64. The lowest BCUT2D eigenvalue weighted by Gasteiger charge is -2.26. The largest absolute Gasteiger partial charge is 0.339 e. The van der Waals surface area contributed by atoms with E-state index in [1.807, 2.05) is 6.92 Å². The number of nitrogens with zero attached hydrogens (tertiary/aromatic N) is 3. The number of thioether (sulfide) groups is 1. The SMILES string of the molecule is CCc1nc(SCC(=O)N2C[C@H]3CC[C@H]2C3)n[nH]1. The molecule has 1 aromatic heterocycles. The number of amides is 1. The minimum Gasteiger partial charge on any atom is -0.339 e. The molecule has 2 bridgehead atoms. The number of piperidine rings is 1. The van der Waals surface area contributed by atoms with Crippen molar-refractivity contribution in [1.29, 1.82) is 0 Å². The second-order valence-electron chi connectivity index (χ2n) is 5.09. The summed E-state index contributed by atoms with van der Waals surface area (Å²) in [7, 11) is 0. The number of carbonyl (C=O) groups is 1. The molecule has 3 rings (SSSR count).